The van der Waals surface area contributed by atoms with Gasteiger partial charge >= 0.3 is 0 Å². The Morgan fingerprint density at radius 1 is 1.34 bits per heavy atom. The van der Waals surface area contributed by atoms with Crippen molar-refractivity contribution in [2.24, 2.45) is 5.92 Å². The monoisotopic (exact) mass is 416 g/mol. The van der Waals surface area contributed by atoms with E-state index in [0.717, 1.165) is 43.4 Å². The zero-order chi connectivity index (χ0) is 20.1. The highest BCUT2D eigenvalue weighted by atomic mass is 32.1. The molecule has 2 aliphatic heterocycles. The van der Waals surface area contributed by atoms with Gasteiger partial charge in [-0.3, -0.25) is 9.69 Å². The molecule has 0 bridgehead atoms. The predicted octanol–water partition coefficient (Wildman–Crippen LogP) is 2.89. The van der Waals surface area contributed by atoms with E-state index in [0.29, 0.717) is 26.2 Å². The Morgan fingerprint density at radius 2 is 2.21 bits per heavy atom. The first-order chi connectivity index (χ1) is 14.2. The number of carbonyl (C=O) groups excluding carboxylic acids is 1. The summed E-state index contributed by atoms with van der Waals surface area (Å²) in [5, 5.41) is 5.27. The molecule has 6 nitrogen and oxygen atoms in total. The van der Waals surface area contributed by atoms with Gasteiger partial charge in [0.25, 0.3) is 0 Å². The Morgan fingerprint density at radius 3 is 2.97 bits per heavy atom. The fraction of sp³-hybridized carbons (Fsp3) is 0.500. The lowest BCUT2D eigenvalue weighted by atomic mass is 9.95. The number of ether oxygens (including phenoxy) is 3. The summed E-state index contributed by atoms with van der Waals surface area (Å²) in [6, 6.07) is 10.2. The minimum absolute atomic E-state index is 0.0484. The topological polar surface area (TPSA) is 60.0 Å². The summed E-state index contributed by atoms with van der Waals surface area (Å²) in [4.78, 5) is 16.6. The van der Waals surface area contributed by atoms with Crippen LogP contribution in [0.15, 0.2) is 35.7 Å². The van der Waals surface area contributed by atoms with E-state index in [1.165, 1.54) is 4.88 Å². The number of nitrogens with one attached hydrogen (secondary N) is 1. The van der Waals surface area contributed by atoms with Crippen LogP contribution in [-0.2, 0) is 16.0 Å². The van der Waals surface area contributed by atoms with Crippen LogP contribution in [0.4, 0.5) is 0 Å². The van der Waals surface area contributed by atoms with Gasteiger partial charge in [0.05, 0.1) is 31.8 Å². The second kappa shape index (κ2) is 9.61. The van der Waals surface area contributed by atoms with Crippen molar-refractivity contribution in [3.8, 4) is 11.5 Å². The van der Waals surface area contributed by atoms with Gasteiger partial charge in [-0.25, -0.2) is 0 Å². The number of morpholine rings is 1. The molecule has 7 heteroatoms. The maximum atomic E-state index is 12.9. The number of nitrogens with zero attached hydrogens (tertiary/aromatic N) is 1. The minimum Gasteiger partial charge on any atom is -0.494 e. The van der Waals surface area contributed by atoms with Crippen LogP contribution in [0.25, 0.3) is 0 Å². The van der Waals surface area contributed by atoms with E-state index >= 15 is 0 Å². The fourth-order valence-corrected chi connectivity index (χ4v) is 4.78. The average Bonchev–Trinajstić information content (AvgIpc) is 3.29. The molecule has 0 spiro atoms. The van der Waals surface area contributed by atoms with Crippen molar-refractivity contribution in [1.29, 1.82) is 0 Å². The van der Waals surface area contributed by atoms with Crippen molar-refractivity contribution in [2.45, 2.75) is 19.4 Å². The number of fused-ring (bicyclic) bond motifs is 1. The first kappa shape index (κ1) is 20.2. The Labute approximate surface area is 175 Å². The van der Waals surface area contributed by atoms with Gasteiger partial charge in [-0.1, -0.05) is 6.07 Å². The number of carbonyl (C=O) groups is 1. The van der Waals surface area contributed by atoms with Crippen molar-refractivity contribution in [3.05, 3.63) is 46.2 Å². The molecule has 2 atom stereocenters. The molecule has 1 aromatic heterocycles. The highest BCUT2D eigenvalue weighted by Gasteiger charge is 2.29. The molecule has 0 aliphatic carbocycles. The molecule has 1 aromatic carbocycles. The molecule has 4 rings (SSSR count). The van der Waals surface area contributed by atoms with E-state index in [1.54, 1.807) is 11.3 Å². The number of hydrogen-bond acceptors (Lipinski definition) is 6. The molecule has 2 unspecified atom stereocenters. The van der Waals surface area contributed by atoms with Crippen LogP contribution in [0.3, 0.4) is 0 Å². The van der Waals surface area contributed by atoms with Crippen LogP contribution in [0.1, 0.15) is 23.4 Å². The summed E-state index contributed by atoms with van der Waals surface area (Å²) in [6.45, 7) is 6.85. The molecule has 0 radical (unpaired) electrons. The van der Waals surface area contributed by atoms with Crippen LogP contribution in [0.2, 0.25) is 0 Å². The molecule has 1 N–H and O–H groups in total. The van der Waals surface area contributed by atoms with Crippen molar-refractivity contribution in [2.75, 3.05) is 46.1 Å². The predicted molar refractivity (Wildman–Crippen MR) is 113 cm³/mol. The molecule has 29 heavy (non-hydrogen) atoms. The number of rotatable bonds is 7. The quantitative estimate of drug-likeness (QED) is 0.752. The van der Waals surface area contributed by atoms with E-state index in [2.05, 4.69) is 27.7 Å². The third-order valence-corrected chi connectivity index (χ3v) is 6.42. The highest BCUT2D eigenvalue weighted by Crippen LogP contribution is 2.31. The highest BCUT2D eigenvalue weighted by molar-refractivity contribution is 7.10. The molecule has 1 saturated heterocycles. The summed E-state index contributed by atoms with van der Waals surface area (Å²) in [7, 11) is 0. The molecule has 0 saturated carbocycles. The third kappa shape index (κ3) is 4.91. The van der Waals surface area contributed by atoms with E-state index in [4.69, 9.17) is 14.2 Å². The lowest BCUT2D eigenvalue weighted by Crippen LogP contribution is -2.45. The lowest BCUT2D eigenvalue weighted by Gasteiger charge is -2.34. The van der Waals surface area contributed by atoms with Gasteiger partial charge in [0.15, 0.2) is 0 Å². The number of hydrogen-bond donors (Lipinski definition) is 1. The molecule has 1 fully saturated rings. The van der Waals surface area contributed by atoms with Gasteiger partial charge in [0.2, 0.25) is 5.91 Å². The van der Waals surface area contributed by atoms with Crippen LogP contribution < -0.4 is 14.8 Å². The van der Waals surface area contributed by atoms with Gasteiger partial charge in [0, 0.05) is 24.5 Å². The van der Waals surface area contributed by atoms with E-state index < -0.39 is 0 Å². The zero-order valence-electron chi connectivity index (χ0n) is 16.8. The smallest absolute Gasteiger partial charge is 0.226 e. The van der Waals surface area contributed by atoms with Crippen molar-refractivity contribution in [3.63, 3.8) is 0 Å². The van der Waals surface area contributed by atoms with E-state index in [9.17, 15) is 4.79 Å². The standard InChI is InChI=1S/C22H28N2O4S/c1-2-27-18-5-6-20-16(13-18)12-17(15-28-20)22(25)23-14-19(21-4-3-11-29-21)24-7-9-26-10-8-24/h3-6,11,13,17,19H,2,7-10,12,14-15H2,1H3,(H,23,25). The van der Waals surface area contributed by atoms with Gasteiger partial charge in [-0.15, -0.1) is 11.3 Å². The normalized spacial score (nSPS) is 20.4. The first-order valence-corrected chi connectivity index (χ1v) is 11.1. The molecule has 2 aromatic rings. The third-order valence-electron chi connectivity index (χ3n) is 5.45. The summed E-state index contributed by atoms with van der Waals surface area (Å²) >= 11 is 1.74. The van der Waals surface area contributed by atoms with Crippen molar-refractivity contribution in [1.82, 2.24) is 10.2 Å². The number of benzene rings is 1. The van der Waals surface area contributed by atoms with E-state index in [1.807, 2.05) is 25.1 Å². The van der Waals surface area contributed by atoms with Crippen LogP contribution >= 0.6 is 11.3 Å². The Hall–Kier alpha value is -2.09. The molecule has 1 amide bonds. The SMILES string of the molecule is CCOc1ccc2c(c1)CC(C(=O)NCC(c1cccs1)N1CCOCC1)CO2. The summed E-state index contributed by atoms with van der Waals surface area (Å²) in [6.07, 6.45) is 0.670. The van der Waals surface area contributed by atoms with Gasteiger partial charge in [-0.05, 0) is 48.6 Å². The molecule has 3 heterocycles. The summed E-state index contributed by atoms with van der Waals surface area (Å²) in [5.74, 6) is 1.53. The van der Waals surface area contributed by atoms with Gasteiger partial charge < -0.3 is 19.5 Å². The molecular formula is C22H28N2O4S. The van der Waals surface area contributed by atoms with Gasteiger partial charge in [0.1, 0.15) is 18.1 Å². The molecule has 156 valence electrons. The van der Waals surface area contributed by atoms with Crippen LogP contribution in [0.5, 0.6) is 11.5 Å². The number of thiophene rings is 1. The van der Waals surface area contributed by atoms with Crippen molar-refractivity contribution >= 4 is 17.2 Å². The van der Waals surface area contributed by atoms with Crippen LogP contribution in [-0.4, -0.2) is 56.9 Å². The first-order valence-electron chi connectivity index (χ1n) is 10.3. The van der Waals surface area contributed by atoms with Crippen molar-refractivity contribution < 1.29 is 19.0 Å². The van der Waals surface area contributed by atoms with Crippen LogP contribution in [0, 0.1) is 5.92 Å². The average molecular weight is 417 g/mol. The Bertz CT molecular complexity index is 805. The Balaban J connectivity index is 1.38. The minimum atomic E-state index is -0.187. The maximum absolute atomic E-state index is 12.9. The molecule has 2 aliphatic rings. The summed E-state index contributed by atoms with van der Waals surface area (Å²) < 4.78 is 16.9. The lowest BCUT2D eigenvalue weighted by molar-refractivity contribution is -0.126. The Kier molecular flexibility index (Phi) is 6.69. The largest absolute Gasteiger partial charge is 0.494 e. The summed E-state index contributed by atoms with van der Waals surface area (Å²) in [5.41, 5.74) is 1.03. The molecular weight excluding hydrogens is 388 g/mol. The second-order valence-electron chi connectivity index (χ2n) is 7.34. The fourth-order valence-electron chi connectivity index (χ4n) is 3.92. The number of amides is 1. The maximum Gasteiger partial charge on any atom is 0.226 e. The van der Waals surface area contributed by atoms with Gasteiger partial charge in [-0.2, -0.15) is 0 Å². The van der Waals surface area contributed by atoms with E-state index in [-0.39, 0.29) is 17.9 Å². The second-order valence-corrected chi connectivity index (χ2v) is 8.32. The zero-order valence-corrected chi connectivity index (χ0v) is 17.6.